The summed E-state index contributed by atoms with van der Waals surface area (Å²) in [7, 11) is 0. The number of benzene rings is 2. The first-order valence-electron chi connectivity index (χ1n) is 9.17. The van der Waals surface area contributed by atoms with Crippen LogP contribution in [0.15, 0.2) is 47.6 Å². The SMILES string of the molecule is CC1(C)SC(=O)NN=C1c1ccc2c(c1)CCCN2C(=N)c1ccc(F)cc1. The highest BCUT2D eigenvalue weighted by atomic mass is 32.2. The van der Waals surface area contributed by atoms with Crippen molar-refractivity contribution in [2.45, 2.75) is 31.4 Å². The predicted molar refractivity (Wildman–Crippen MR) is 112 cm³/mol. The molecule has 2 aromatic rings. The summed E-state index contributed by atoms with van der Waals surface area (Å²) in [5.74, 6) is 0.0629. The van der Waals surface area contributed by atoms with E-state index in [2.05, 4.69) is 16.6 Å². The van der Waals surface area contributed by atoms with E-state index < -0.39 is 4.75 Å². The topological polar surface area (TPSA) is 68.6 Å². The summed E-state index contributed by atoms with van der Waals surface area (Å²) in [6.07, 6.45) is 1.85. The first-order chi connectivity index (χ1) is 13.3. The number of fused-ring (bicyclic) bond motifs is 1. The molecular weight excluding hydrogens is 375 g/mol. The van der Waals surface area contributed by atoms with Gasteiger partial charge in [0.1, 0.15) is 11.7 Å². The third kappa shape index (κ3) is 3.42. The fraction of sp³-hybridized carbons (Fsp3) is 0.286. The van der Waals surface area contributed by atoms with Crippen LogP contribution in [0.4, 0.5) is 14.9 Å². The van der Waals surface area contributed by atoms with E-state index in [1.807, 2.05) is 30.9 Å². The Labute approximate surface area is 167 Å². The van der Waals surface area contributed by atoms with Gasteiger partial charge in [0, 0.05) is 17.8 Å². The van der Waals surface area contributed by atoms with Gasteiger partial charge in [0.15, 0.2) is 0 Å². The lowest BCUT2D eigenvalue weighted by atomic mass is 9.93. The molecule has 0 saturated carbocycles. The largest absolute Gasteiger partial charge is 0.326 e. The molecule has 2 aliphatic rings. The monoisotopic (exact) mass is 396 g/mol. The van der Waals surface area contributed by atoms with Gasteiger partial charge >= 0.3 is 0 Å². The lowest BCUT2D eigenvalue weighted by Gasteiger charge is -2.33. The van der Waals surface area contributed by atoms with Gasteiger partial charge < -0.3 is 4.90 Å². The minimum atomic E-state index is -0.411. The van der Waals surface area contributed by atoms with Crippen molar-refractivity contribution in [2.75, 3.05) is 11.4 Å². The Balaban J connectivity index is 1.67. The molecule has 2 aromatic carbocycles. The molecule has 0 radical (unpaired) electrons. The second-order valence-corrected chi connectivity index (χ2v) is 9.02. The van der Waals surface area contributed by atoms with E-state index in [0.717, 1.165) is 41.9 Å². The molecular formula is C21H21FN4OS. The van der Waals surface area contributed by atoms with Crippen molar-refractivity contribution in [3.8, 4) is 0 Å². The number of amides is 1. The molecule has 28 heavy (non-hydrogen) atoms. The van der Waals surface area contributed by atoms with Crippen molar-refractivity contribution in [3.05, 3.63) is 65.0 Å². The maximum absolute atomic E-state index is 13.2. The Kier molecular flexibility index (Phi) is 4.71. The van der Waals surface area contributed by atoms with Gasteiger partial charge in [-0.25, -0.2) is 9.82 Å². The third-order valence-corrected chi connectivity index (χ3v) is 6.02. The van der Waals surface area contributed by atoms with Crippen LogP contribution in [0.3, 0.4) is 0 Å². The van der Waals surface area contributed by atoms with Crippen molar-refractivity contribution in [3.63, 3.8) is 0 Å². The number of thioether (sulfide) groups is 1. The minimum absolute atomic E-state index is 0.148. The summed E-state index contributed by atoms with van der Waals surface area (Å²) < 4.78 is 12.8. The Bertz CT molecular complexity index is 984. The molecule has 0 aliphatic carbocycles. The van der Waals surface area contributed by atoms with Crippen molar-refractivity contribution in [2.24, 2.45) is 5.10 Å². The summed E-state index contributed by atoms with van der Waals surface area (Å²) in [5.41, 5.74) is 7.21. The zero-order valence-corrected chi connectivity index (χ0v) is 16.6. The molecule has 2 N–H and O–H groups in total. The van der Waals surface area contributed by atoms with E-state index >= 15 is 0 Å². The van der Waals surface area contributed by atoms with Gasteiger partial charge in [-0.15, -0.1) is 0 Å². The van der Waals surface area contributed by atoms with E-state index in [4.69, 9.17) is 5.41 Å². The second-order valence-electron chi connectivity index (χ2n) is 7.43. The van der Waals surface area contributed by atoms with E-state index in [-0.39, 0.29) is 11.1 Å². The first-order valence-corrected chi connectivity index (χ1v) is 9.99. The van der Waals surface area contributed by atoms with Gasteiger partial charge in [-0.3, -0.25) is 10.2 Å². The summed E-state index contributed by atoms with van der Waals surface area (Å²) in [6, 6.07) is 12.2. The molecule has 0 spiro atoms. The molecule has 0 unspecified atom stereocenters. The van der Waals surface area contributed by atoms with E-state index in [1.165, 1.54) is 23.9 Å². The van der Waals surface area contributed by atoms with E-state index in [9.17, 15) is 9.18 Å². The Hall–Kier alpha value is -2.67. The average molecular weight is 396 g/mol. The van der Waals surface area contributed by atoms with Crippen LogP contribution in [0.2, 0.25) is 0 Å². The van der Waals surface area contributed by atoms with Crippen LogP contribution in [0.1, 0.15) is 37.0 Å². The van der Waals surface area contributed by atoms with Crippen LogP contribution < -0.4 is 10.3 Å². The summed E-state index contributed by atoms with van der Waals surface area (Å²) >= 11 is 1.23. The lowest BCUT2D eigenvalue weighted by molar-refractivity contribution is 0.260. The highest BCUT2D eigenvalue weighted by Crippen LogP contribution is 2.35. The molecule has 2 heterocycles. The number of carbonyl (C=O) groups is 1. The normalized spacial score (nSPS) is 18.2. The number of carbonyl (C=O) groups excluding carboxylic acids is 1. The molecule has 0 saturated heterocycles. The fourth-order valence-electron chi connectivity index (χ4n) is 3.69. The molecule has 5 nitrogen and oxygen atoms in total. The van der Waals surface area contributed by atoms with Crippen molar-refractivity contribution < 1.29 is 9.18 Å². The number of hydrogen-bond acceptors (Lipinski definition) is 4. The molecule has 7 heteroatoms. The molecule has 0 atom stereocenters. The van der Waals surface area contributed by atoms with E-state index in [0.29, 0.717) is 11.4 Å². The van der Waals surface area contributed by atoms with Gasteiger partial charge in [0.05, 0.1) is 10.5 Å². The second kappa shape index (κ2) is 7.05. The summed E-state index contributed by atoms with van der Waals surface area (Å²) in [6.45, 7) is 4.73. The van der Waals surface area contributed by atoms with Crippen LogP contribution in [0.25, 0.3) is 0 Å². The zero-order chi connectivity index (χ0) is 19.9. The lowest BCUT2D eigenvalue weighted by Crippen LogP contribution is -2.39. The van der Waals surface area contributed by atoms with Crippen LogP contribution in [-0.4, -0.2) is 28.1 Å². The standard InChI is InChI=1S/C21H21FN4OS/c1-21(2)18(24-25-20(27)28-21)15-7-10-17-14(12-15)4-3-11-26(17)19(23)13-5-8-16(22)9-6-13/h5-10,12,23H,3-4,11H2,1-2H3,(H,25,27). The van der Waals surface area contributed by atoms with Gasteiger partial charge in [-0.05, 0) is 74.2 Å². The Morgan fingerprint density at radius 2 is 2.00 bits per heavy atom. The van der Waals surface area contributed by atoms with Crippen molar-refractivity contribution in [1.82, 2.24) is 5.43 Å². The highest BCUT2D eigenvalue weighted by molar-refractivity contribution is 8.15. The van der Waals surface area contributed by atoms with Crippen LogP contribution in [-0.2, 0) is 6.42 Å². The number of amidine groups is 1. The van der Waals surface area contributed by atoms with Crippen LogP contribution in [0.5, 0.6) is 0 Å². The van der Waals surface area contributed by atoms with Gasteiger partial charge in [-0.2, -0.15) is 5.10 Å². The molecule has 0 aromatic heterocycles. The molecule has 1 amide bonds. The average Bonchev–Trinajstić information content (AvgIpc) is 2.66. The van der Waals surface area contributed by atoms with Crippen molar-refractivity contribution in [1.29, 1.82) is 5.41 Å². The maximum Gasteiger partial charge on any atom is 0.300 e. The maximum atomic E-state index is 13.2. The first kappa shape index (κ1) is 18.7. The Morgan fingerprint density at radius 3 is 2.71 bits per heavy atom. The number of halogens is 1. The van der Waals surface area contributed by atoms with Gasteiger partial charge in [0.25, 0.3) is 5.24 Å². The number of hydrogen-bond donors (Lipinski definition) is 2. The molecule has 0 fully saturated rings. The molecule has 2 aliphatic heterocycles. The molecule has 4 rings (SSSR count). The highest BCUT2D eigenvalue weighted by Gasteiger charge is 2.34. The number of hydrazone groups is 1. The molecule has 144 valence electrons. The smallest absolute Gasteiger partial charge is 0.300 e. The number of rotatable bonds is 2. The fourth-order valence-corrected chi connectivity index (χ4v) is 4.51. The van der Waals surface area contributed by atoms with Gasteiger partial charge in [-0.1, -0.05) is 17.8 Å². The third-order valence-electron chi connectivity index (χ3n) is 5.04. The summed E-state index contributed by atoms with van der Waals surface area (Å²) in [4.78, 5) is 13.6. The minimum Gasteiger partial charge on any atom is -0.326 e. The summed E-state index contributed by atoms with van der Waals surface area (Å²) in [5, 5.41) is 12.7. The van der Waals surface area contributed by atoms with Crippen molar-refractivity contribution >= 4 is 34.2 Å². The number of nitrogens with zero attached hydrogens (tertiary/aromatic N) is 2. The number of aryl methyl sites for hydroxylation is 1. The van der Waals surface area contributed by atoms with Gasteiger partial charge in [0.2, 0.25) is 0 Å². The number of nitrogens with one attached hydrogen (secondary N) is 2. The predicted octanol–water partition coefficient (Wildman–Crippen LogP) is 4.54. The van der Waals surface area contributed by atoms with E-state index in [1.54, 1.807) is 12.1 Å². The Morgan fingerprint density at radius 1 is 1.25 bits per heavy atom. The van der Waals surface area contributed by atoms with Crippen LogP contribution >= 0.6 is 11.8 Å². The number of anilines is 1. The quantitative estimate of drug-likeness (QED) is 0.578. The molecule has 0 bridgehead atoms. The zero-order valence-electron chi connectivity index (χ0n) is 15.8. The van der Waals surface area contributed by atoms with Crippen LogP contribution in [0, 0.1) is 11.2 Å².